The van der Waals surface area contributed by atoms with Crippen molar-refractivity contribution in [2.24, 2.45) is 10.8 Å². The van der Waals surface area contributed by atoms with Crippen LogP contribution in [0.3, 0.4) is 0 Å². The molecule has 0 aromatic heterocycles. The number of anilines is 1. The Kier molecular flexibility index (Phi) is 3.24. The lowest BCUT2D eigenvalue weighted by Crippen LogP contribution is -2.23. The zero-order valence-electron chi connectivity index (χ0n) is 7.27. The summed E-state index contributed by atoms with van der Waals surface area (Å²) in [6.07, 6.45) is 1.38. The molecule has 1 aromatic rings. The van der Waals surface area contributed by atoms with Crippen molar-refractivity contribution in [3.63, 3.8) is 0 Å². The number of hydrogen-bond donors (Lipinski definition) is 4. The van der Waals surface area contributed by atoms with Gasteiger partial charge in [-0.2, -0.15) is 5.10 Å². The van der Waals surface area contributed by atoms with Crippen LogP contribution in [0.5, 0.6) is 5.75 Å². The van der Waals surface area contributed by atoms with Gasteiger partial charge in [0.2, 0.25) is 0 Å². The topological polar surface area (TPSA) is 96.7 Å². The van der Waals surface area contributed by atoms with Crippen LogP contribution < -0.4 is 16.9 Å². The number of rotatable bonds is 2. The minimum atomic E-state index is 0.0599. The predicted octanol–water partition coefficient (Wildman–Crippen LogP) is 0.141. The zero-order chi connectivity index (χ0) is 10.6. The first-order valence-electron chi connectivity index (χ1n) is 3.76. The third-order valence-electron chi connectivity index (χ3n) is 1.43. The second-order valence-corrected chi connectivity index (χ2v) is 2.99. The number of phenolic OH excluding ortho intramolecular Hbond substituents is 1. The average Bonchev–Trinajstić information content (AvgIpc) is 2.10. The van der Waals surface area contributed by atoms with Gasteiger partial charge in [-0.1, -0.05) is 0 Å². The maximum Gasteiger partial charge on any atom is 0.184 e. The van der Waals surface area contributed by atoms with E-state index in [0.29, 0.717) is 11.3 Å². The quantitative estimate of drug-likeness (QED) is 0.183. The van der Waals surface area contributed by atoms with Crippen LogP contribution >= 0.6 is 12.2 Å². The van der Waals surface area contributed by atoms with Crippen molar-refractivity contribution >= 4 is 29.2 Å². The molecule has 0 aliphatic heterocycles. The molecule has 14 heavy (non-hydrogen) atoms. The van der Waals surface area contributed by atoms with Crippen molar-refractivity contribution in [1.29, 1.82) is 0 Å². The molecule has 0 aliphatic rings. The molecule has 0 aliphatic carbocycles. The summed E-state index contributed by atoms with van der Waals surface area (Å²) in [7, 11) is 0. The number of thiocarbonyl (C=S) groups is 1. The normalized spacial score (nSPS) is 10.3. The highest BCUT2D eigenvalue weighted by atomic mass is 32.1. The molecule has 0 fully saturated rings. The summed E-state index contributed by atoms with van der Waals surface area (Å²) in [6, 6.07) is 4.66. The lowest BCUT2D eigenvalue weighted by molar-refractivity contribution is 0.474. The second-order valence-electron chi connectivity index (χ2n) is 2.55. The van der Waals surface area contributed by atoms with Crippen molar-refractivity contribution in [3.8, 4) is 5.75 Å². The number of nitrogens with two attached hydrogens (primary N) is 2. The summed E-state index contributed by atoms with van der Waals surface area (Å²) in [5.74, 6) is 0.0905. The van der Waals surface area contributed by atoms with Gasteiger partial charge in [0.05, 0.1) is 6.21 Å². The fourth-order valence-corrected chi connectivity index (χ4v) is 0.895. The van der Waals surface area contributed by atoms with Crippen LogP contribution in [0.1, 0.15) is 5.56 Å². The van der Waals surface area contributed by atoms with Crippen molar-refractivity contribution < 1.29 is 5.11 Å². The third-order valence-corrected chi connectivity index (χ3v) is 1.52. The van der Waals surface area contributed by atoms with E-state index in [0.717, 1.165) is 0 Å². The zero-order valence-corrected chi connectivity index (χ0v) is 8.08. The molecule has 0 saturated heterocycles. The van der Waals surface area contributed by atoms with E-state index in [1.807, 2.05) is 0 Å². The molecule has 0 bridgehead atoms. The molecule has 0 unspecified atom stereocenters. The molecule has 0 spiro atoms. The first kappa shape index (κ1) is 10.3. The Morgan fingerprint density at radius 3 is 2.93 bits per heavy atom. The maximum atomic E-state index is 9.36. The Balaban J connectivity index is 2.80. The van der Waals surface area contributed by atoms with Gasteiger partial charge in [-0.3, -0.25) is 5.43 Å². The van der Waals surface area contributed by atoms with Gasteiger partial charge in [0.15, 0.2) is 5.11 Å². The molecule has 1 rings (SSSR count). The van der Waals surface area contributed by atoms with Gasteiger partial charge in [0.25, 0.3) is 0 Å². The van der Waals surface area contributed by atoms with Crippen molar-refractivity contribution in [3.05, 3.63) is 23.8 Å². The highest BCUT2D eigenvalue weighted by Crippen LogP contribution is 2.17. The van der Waals surface area contributed by atoms with Crippen molar-refractivity contribution in [1.82, 2.24) is 5.43 Å². The average molecular weight is 210 g/mol. The second kappa shape index (κ2) is 4.43. The van der Waals surface area contributed by atoms with Crippen LogP contribution in [-0.2, 0) is 0 Å². The Hall–Kier alpha value is -1.82. The number of aromatic hydroxyl groups is 1. The van der Waals surface area contributed by atoms with Gasteiger partial charge < -0.3 is 16.6 Å². The van der Waals surface area contributed by atoms with E-state index in [9.17, 15) is 5.11 Å². The Labute approximate surface area is 86.4 Å². The molecule has 1 aromatic carbocycles. The van der Waals surface area contributed by atoms with Gasteiger partial charge in [-0.15, -0.1) is 0 Å². The molecule has 0 atom stereocenters. The Morgan fingerprint density at radius 2 is 2.29 bits per heavy atom. The Morgan fingerprint density at radius 1 is 1.57 bits per heavy atom. The predicted molar refractivity (Wildman–Crippen MR) is 60.0 cm³/mol. The van der Waals surface area contributed by atoms with E-state index in [1.165, 1.54) is 12.3 Å². The maximum absolute atomic E-state index is 9.36. The molecular weight excluding hydrogens is 200 g/mol. The summed E-state index contributed by atoms with van der Waals surface area (Å²) in [6.45, 7) is 0. The van der Waals surface area contributed by atoms with Gasteiger partial charge in [-0.05, 0) is 30.4 Å². The van der Waals surface area contributed by atoms with E-state index in [-0.39, 0.29) is 10.9 Å². The summed E-state index contributed by atoms with van der Waals surface area (Å²) in [5, 5.41) is 13.1. The highest BCUT2D eigenvalue weighted by Gasteiger charge is 1.97. The number of phenols is 1. The standard InChI is InChI=1S/C8H10N4OS/c9-6-1-2-7(13)5(3-6)4-11-12-8(10)14/h1-4,13H,9H2,(H3,10,12,14)/b11-4+. The monoisotopic (exact) mass is 210 g/mol. The van der Waals surface area contributed by atoms with Crippen LogP contribution in [0, 0.1) is 0 Å². The Bertz CT molecular complexity index is 378. The third kappa shape index (κ3) is 2.91. The molecule has 0 saturated carbocycles. The molecule has 0 amide bonds. The molecule has 5 nitrogen and oxygen atoms in total. The van der Waals surface area contributed by atoms with E-state index in [4.69, 9.17) is 11.5 Å². The van der Waals surface area contributed by atoms with Crippen LogP contribution in [-0.4, -0.2) is 16.4 Å². The molecule has 0 heterocycles. The van der Waals surface area contributed by atoms with E-state index in [2.05, 4.69) is 22.7 Å². The molecular formula is C8H10N4OS. The smallest absolute Gasteiger partial charge is 0.184 e. The molecule has 74 valence electrons. The highest BCUT2D eigenvalue weighted by molar-refractivity contribution is 7.80. The van der Waals surface area contributed by atoms with Gasteiger partial charge in [0.1, 0.15) is 5.75 Å². The van der Waals surface area contributed by atoms with Gasteiger partial charge in [0, 0.05) is 11.3 Å². The minimum absolute atomic E-state index is 0.0599. The minimum Gasteiger partial charge on any atom is -0.507 e. The van der Waals surface area contributed by atoms with Crippen molar-refractivity contribution in [2.45, 2.75) is 0 Å². The van der Waals surface area contributed by atoms with Crippen LogP contribution in [0.4, 0.5) is 5.69 Å². The first-order chi connectivity index (χ1) is 6.59. The lowest BCUT2D eigenvalue weighted by Gasteiger charge is -2.00. The fourth-order valence-electron chi connectivity index (χ4n) is 0.842. The number of nitrogens with one attached hydrogen (secondary N) is 1. The number of benzene rings is 1. The van der Waals surface area contributed by atoms with Gasteiger partial charge >= 0.3 is 0 Å². The summed E-state index contributed by atoms with van der Waals surface area (Å²) in [5.41, 5.74) is 14.1. The molecule has 0 radical (unpaired) electrons. The van der Waals surface area contributed by atoms with Crippen LogP contribution in [0.2, 0.25) is 0 Å². The molecule has 6 heteroatoms. The largest absolute Gasteiger partial charge is 0.507 e. The number of nitrogens with zero attached hydrogens (tertiary/aromatic N) is 1. The lowest BCUT2D eigenvalue weighted by atomic mass is 10.2. The molecule has 6 N–H and O–H groups in total. The van der Waals surface area contributed by atoms with E-state index >= 15 is 0 Å². The van der Waals surface area contributed by atoms with Crippen LogP contribution in [0.15, 0.2) is 23.3 Å². The van der Waals surface area contributed by atoms with E-state index < -0.39 is 0 Å². The number of hydrazone groups is 1. The number of nitrogen functional groups attached to an aromatic ring is 1. The first-order valence-corrected chi connectivity index (χ1v) is 4.17. The van der Waals surface area contributed by atoms with Crippen LogP contribution in [0.25, 0.3) is 0 Å². The fraction of sp³-hybridized carbons (Fsp3) is 0. The summed E-state index contributed by atoms with van der Waals surface area (Å²) >= 11 is 4.54. The summed E-state index contributed by atoms with van der Waals surface area (Å²) in [4.78, 5) is 0. The SMILES string of the molecule is NC(=S)N/N=C/c1cc(N)ccc1O. The summed E-state index contributed by atoms with van der Waals surface area (Å²) < 4.78 is 0. The number of hydrogen-bond acceptors (Lipinski definition) is 4. The van der Waals surface area contributed by atoms with E-state index in [1.54, 1.807) is 12.1 Å². The van der Waals surface area contributed by atoms with Crippen molar-refractivity contribution in [2.75, 3.05) is 5.73 Å². The van der Waals surface area contributed by atoms with Gasteiger partial charge in [-0.25, -0.2) is 0 Å².